The van der Waals surface area contributed by atoms with Gasteiger partial charge in [-0.3, -0.25) is 14.5 Å². The summed E-state index contributed by atoms with van der Waals surface area (Å²) in [5.74, 6) is 0.186. The van der Waals surface area contributed by atoms with Crippen molar-refractivity contribution in [2.45, 2.75) is 38.0 Å². The SMILES string of the molecule is O=COC(c1ccccc1)N1CCCC1C(=O)N1CCCC1. The Morgan fingerprint density at radius 2 is 1.86 bits per heavy atom. The molecule has 2 saturated heterocycles. The van der Waals surface area contributed by atoms with Crippen molar-refractivity contribution in [2.24, 2.45) is 0 Å². The summed E-state index contributed by atoms with van der Waals surface area (Å²) in [6, 6.07) is 9.46. The second-order valence-corrected chi connectivity index (χ2v) is 5.92. The van der Waals surface area contributed by atoms with Gasteiger partial charge in [0.25, 0.3) is 6.47 Å². The third kappa shape index (κ3) is 2.99. The molecule has 22 heavy (non-hydrogen) atoms. The van der Waals surface area contributed by atoms with E-state index >= 15 is 0 Å². The van der Waals surface area contributed by atoms with Crippen LogP contribution in [0.3, 0.4) is 0 Å². The molecule has 3 rings (SSSR count). The Labute approximate surface area is 130 Å². The first-order valence-electron chi connectivity index (χ1n) is 8.00. The zero-order valence-corrected chi connectivity index (χ0v) is 12.7. The number of likely N-dealkylation sites (tertiary alicyclic amines) is 2. The Morgan fingerprint density at radius 3 is 2.55 bits per heavy atom. The van der Waals surface area contributed by atoms with Gasteiger partial charge < -0.3 is 9.64 Å². The van der Waals surface area contributed by atoms with Crippen LogP contribution in [0.4, 0.5) is 0 Å². The summed E-state index contributed by atoms with van der Waals surface area (Å²) in [5, 5.41) is 0. The van der Waals surface area contributed by atoms with Crippen LogP contribution in [0.2, 0.25) is 0 Å². The summed E-state index contributed by atoms with van der Waals surface area (Å²) in [6.45, 7) is 2.96. The fourth-order valence-electron chi connectivity index (χ4n) is 3.50. The molecule has 0 saturated carbocycles. The molecule has 2 aliphatic rings. The van der Waals surface area contributed by atoms with Gasteiger partial charge in [-0.05, 0) is 25.7 Å². The lowest BCUT2D eigenvalue weighted by Gasteiger charge is -2.33. The molecule has 0 N–H and O–H groups in total. The van der Waals surface area contributed by atoms with Gasteiger partial charge in [0.1, 0.15) is 0 Å². The number of nitrogens with zero attached hydrogens (tertiary/aromatic N) is 2. The van der Waals surface area contributed by atoms with E-state index in [-0.39, 0.29) is 11.9 Å². The van der Waals surface area contributed by atoms with E-state index in [0.717, 1.165) is 50.9 Å². The highest BCUT2D eigenvalue weighted by Gasteiger charge is 2.39. The molecular formula is C17H22N2O3. The first kappa shape index (κ1) is 15.0. The van der Waals surface area contributed by atoms with E-state index in [4.69, 9.17) is 4.74 Å². The Balaban J connectivity index is 1.80. The van der Waals surface area contributed by atoms with Crippen molar-refractivity contribution in [2.75, 3.05) is 19.6 Å². The van der Waals surface area contributed by atoms with Crippen LogP contribution in [-0.4, -0.2) is 47.9 Å². The number of carbonyl (C=O) groups is 2. The lowest BCUT2D eigenvalue weighted by atomic mass is 10.1. The van der Waals surface area contributed by atoms with E-state index in [0.29, 0.717) is 6.47 Å². The fraction of sp³-hybridized carbons (Fsp3) is 0.529. The zero-order valence-electron chi connectivity index (χ0n) is 12.7. The van der Waals surface area contributed by atoms with E-state index in [2.05, 4.69) is 0 Å². The molecule has 0 aliphatic carbocycles. The number of benzene rings is 1. The minimum Gasteiger partial charge on any atom is -0.444 e. The molecule has 118 valence electrons. The normalized spacial score (nSPS) is 23.5. The van der Waals surface area contributed by atoms with E-state index < -0.39 is 6.23 Å². The van der Waals surface area contributed by atoms with Gasteiger partial charge in [0.05, 0.1) is 6.04 Å². The molecule has 2 heterocycles. The molecule has 0 spiro atoms. The Hall–Kier alpha value is -1.88. The van der Waals surface area contributed by atoms with Gasteiger partial charge in [0.15, 0.2) is 6.23 Å². The summed E-state index contributed by atoms with van der Waals surface area (Å²) in [6.07, 6.45) is 3.49. The Kier molecular flexibility index (Phi) is 4.73. The fourth-order valence-corrected chi connectivity index (χ4v) is 3.50. The first-order valence-corrected chi connectivity index (χ1v) is 8.00. The average molecular weight is 302 g/mol. The minimum atomic E-state index is -0.474. The molecule has 2 aliphatic heterocycles. The molecule has 5 nitrogen and oxygen atoms in total. The predicted molar refractivity (Wildman–Crippen MR) is 81.9 cm³/mol. The van der Waals surface area contributed by atoms with Crippen LogP contribution in [0.1, 0.15) is 37.5 Å². The summed E-state index contributed by atoms with van der Waals surface area (Å²) >= 11 is 0. The van der Waals surface area contributed by atoms with Crippen LogP contribution >= 0.6 is 0 Å². The molecule has 1 aromatic rings. The van der Waals surface area contributed by atoms with Crippen LogP contribution < -0.4 is 0 Å². The number of hydrogen-bond donors (Lipinski definition) is 0. The molecule has 5 heteroatoms. The minimum absolute atomic E-state index is 0.178. The van der Waals surface area contributed by atoms with Crippen molar-refractivity contribution in [1.29, 1.82) is 0 Å². The maximum Gasteiger partial charge on any atom is 0.294 e. The van der Waals surface area contributed by atoms with Crippen LogP contribution in [-0.2, 0) is 14.3 Å². The van der Waals surface area contributed by atoms with Crippen LogP contribution in [0.15, 0.2) is 30.3 Å². The number of amides is 1. The predicted octanol–water partition coefficient (Wildman–Crippen LogP) is 1.95. The molecule has 0 aromatic heterocycles. The number of rotatable bonds is 5. The number of ether oxygens (including phenoxy) is 1. The molecular weight excluding hydrogens is 280 g/mol. The summed E-state index contributed by atoms with van der Waals surface area (Å²) in [5.41, 5.74) is 0.913. The highest BCUT2D eigenvalue weighted by atomic mass is 16.5. The molecule has 0 bridgehead atoms. The van der Waals surface area contributed by atoms with Crippen LogP contribution in [0, 0.1) is 0 Å². The Bertz CT molecular complexity index is 514. The third-order valence-electron chi connectivity index (χ3n) is 4.57. The van der Waals surface area contributed by atoms with Crippen molar-refractivity contribution in [1.82, 2.24) is 9.80 Å². The lowest BCUT2D eigenvalue weighted by molar-refractivity contribution is -0.152. The van der Waals surface area contributed by atoms with Gasteiger partial charge in [0.2, 0.25) is 5.91 Å². The second kappa shape index (κ2) is 6.92. The molecule has 2 unspecified atom stereocenters. The monoisotopic (exact) mass is 302 g/mol. The standard InChI is InChI=1S/C17H22N2O3/c20-13-22-17(14-7-2-1-3-8-14)19-12-6-9-15(19)16(21)18-10-4-5-11-18/h1-3,7-8,13,15,17H,4-6,9-12H2. The summed E-state index contributed by atoms with van der Waals surface area (Å²) in [4.78, 5) is 27.7. The smallest absolute Gasteiger partial charge is 0.294 e. The summed E-state index contributed by atoms with van der Waals surface area (Å²) in [7, 11) is 0. The lowest BCUT2D eigenvalue weighted by Crippen LogP contribution is -2.46. The zero-order chi connectivity index (χ0) is 15.4. The van der Waals surface area contributed by atoms with E-state index in [9.17, 15) is 9.59 Å². The summed E-state index contributed by atoms with van der Waals surface area (Å²) < 4.78 is 5.33. The number of carbonyl (C=O) groups excluding carboxylic acids is 2. The average Bonchev–Trinajstić information content (AvgIpc) is 3.24. The maximum absolute atomic E-state index is 12.7. The quantitative estimate of drug-likeness (QED) is 0.780. The van der Waals surface area contributed by atoms with Crippen molar-refractivity contribution in [3.63, 3.8) is 0 Å². The van der Waals surface area contributed by atoms with Gasteiger partial charge in [0, 0.05) is 25.2 Å². The van der Waals surface area contributed by atoms with Gasteiger partial charge in [-0.25, -0.2) is 0 Å². The van der Waals surface area contributed by atoms with Crippen LogP contribution in [0.5, 0.6) is 0 Å². The molecule has 1 aromatic carbocycles. The van der Waals surface area contributed by atoms with E-state index in [1.807, 2.05) is 40.1 Å². The molecule has 1 amide bonds. The largest absolute Gasteiger partial charge is 0.444 e. The first-order chi connectivity index (χ1) is 10.8. The molecule has 2 fully saturated rings. The van der Waals surface area contributed by atoms with Gasteiger partial charge >= 0.3 is 0 Å². The topological polar surface area (TPSA) is 49.9 Å². The maximum atomic E-state index is 12.7. The molecule has 0 radical (unpaired) electrons. The van der Waals surface area contributed by atoms with Crippen molar-refractivity contribution < 1.29 is 14.3 Å². The highest BCUT2D eigenvalue weighted by Crippen LogP contribution is 2.31. The van der Waals surface area contributed by atoms with Crippen molar-refractivity contribution in [3.8, 4) is 0 Å². The number of hydrogen-bond acceptors (Lipinski definition) is 4. The Morgan fingerprint density at radius 1 is 1.14 bits per heavy atom. The van der Waals surface area contributed by atoms with Crippen molar-refractivity contribution >= 4 is 12.4 Å². The van der Waals surface area contributed by atoms with E-state index in [1.54, 1.807) is 0 Å². The van der Waals surface area contributed by atoms with Gasteiger partial charge in [-0.2, -0.15) is 0 Å². The van der Waals surface area contributed by atoms with Crippen molar-refractivity contribution in [3.05, 3.63) is 35.9 Å². The third-order valence-corrected chi connectivity index (χ3v) is 4.57. The highest BCUT2D eigenvalue weighted by molar-refractivity contribution is 5.82. The van der Waals surface area contributed by atoms with Crippen LogP contribution in [0.25, 0.3) is 0 Å². The second-order valence-electron chi connectivity index (χ2n) is 5.92. The van der Waals surface area contributed by atoms with Gasteiger partial charge in [-0.1, -0.05) is 30.3 Å². The molecule has 2 atom stereocenters. The van der Waals surface area contributed by atoms with E-state index in [1.165, 1.54) is 0 Å². The van der Waals surface area contributed by atoms with Gasteiger partial charge in [-0.15, -0.1) is 0 Å².